The summed E-state index contributed by atoms with van der Waals surface area (Å²) in [6.45, 7) is 2.26. The normalized spacial score (nSPS) is 12.9. The van der Waals surface area contributed by atoms with Gasteiger partial charge >= 0.3 is 0 Å². The Bertz CT molecular complexity index is 658. The zero-order valence-corrected chi connectivity index (χ0v) is 13.0. The lowest BCUT2D eigenvalue weighted by Crippen LogP contribution is -2.06. The van der Waals surface area contributed by atoms with E-state index in [9.17, 15) is 5.11 Å². The maximum absolute atomic E-state index is 9.33. The molecule has 118 valence electrons. The Kier molecular flexibility index (Phi) is 5.66. The largest absolute Gasteiger partial charge is 0.496 e. The molecule has 0 spiro atoms. The number of aromatic nitrogens is 2. The number of hydrogen-bond acceptors (Lipinski definition) is 6. The topological polar surface area (TPSA) is 93.6 Å². The third kappa shape index (κ3) is 3.71. The van der Waals surface area contributed by atoms with Crippen LogP contribution in [-0.2, 0) is 0 Å². The molecule has 0 aliphatic heterocycles. The fourth-order valence-electron chi connectivity index (χ4n) is 2.39. The monoisotopic (exact) mass is 302 g/mol. The maximum atomic E-state index is 9.33. The summed E-state index contributed by atoms with van der Waals surface area (Å²) < 4.78 is 5.36. The van der Waals surface area contributed by atoms with Crippen molar-refractivity contribution in [2.24, 2.45) is 10.9 Å². The number of ether oxygens (including phenoxy) is 1. The van der Waals surface area contributed by atoms with Crippen LogP contribution in [0, 0.1) is 5.92 Å². The van der Waals surface area contributed by atoms with Crippen LogP contribution in [0.1, 0.15) is 26.2 Å². The second kappa shape index (κ2) is 7.70. The molecule has 1 aromatic carbocycles. The number of nitrogens with two attached hydrogens (primary N) is 1. The van der Waals surface area contributed by atoms with Crippen LogP contribution < -0.4 is 10.5 Å². The van der Waals surface area contributed by atoms with Gasteiger partial charge in [0.05, 0.1) is 18.0 Å². The van der Waals surface area contributed by atoms with Gasteiger partial charge in [-0.3, -0.25) is 0 Å². The summed E-state index contributed by atoms with van der Waals surface area (Å²) in [4.78, 5) is 12.8. The number of anilines is 1. The molecule has 6 heteroatoms. The van der Waals surface area contributed by atoms with Gasteiger partial charge in [-0.1, -0.05) is 19.4 Å². The Morgan fingerprint density at radius 1 is 1.41 bits per heavy atom. The fraction of sp³-hybridized carbons (Fsp3) is 0.438. The van der Waals surface area contributed by atoms with Crippen LogP contribution in [0.4, 0.5) is 11.8 Å². The van der Waals surface area contributed by atoms with E-state index in [4.69, 9.17) is 10.5 Å². The van der Waals surface area contributed by atoms with Crippen molar-refractivity contribution in [2.75, 3.05) is 19.5 Å². The Balaban J connectivity index is 2.33. The molecule has 1 aromatic heterocycles. The minimum Gasteiger partial charge on any atom is -0.496 e. The highest BCUT2D eigenvalue weighted by molar-refractivity contribution is 5.95. The summed E-state index contributed by atoms with van der Waals surface area (Å²) in [6, 6.07) is 5.54. The summed E-state index contributed by atoms with van der Waals surface area (Å²) in [6.07, 6.45) is 4.49. The van der Waals surface area contributed by atoms with Gasteiger partial charge in [0, 0.05) is 12.8 Å². The zero-order valence-electron chi connectivity index (χ0n) is 13.0. The fourth-order valence-corrected chi connectivity index (χ4v) is 2.39. The number of methoxy groups -OCH3 is 1. The van der Waals surface area contributed by atoms with E-state index >= 15 is 0 Å². The minimum absolute atomic E-state index is 0.163. The molecule has 2 rings (SSSR count). The van der Waals surface area contributed by atoms with Crippen LogP contribution in [0.2, 0.25) is 0 Å². The number of aliphatic hydroxyl groups is 1. The van der Waals surface area contributed by atoms with Gasteiger partial charge in [0.1, 0.15) is 5.75 Å². The van der Waals surface area contributed by atoms with Gasteiger partial charge in [0.2, 0.25) is 5.95 Å². The number of aliphatic imine (C=N–C) groups is 1. The van der Waals surface area contributed by atoms with E-state index in [1.165, 1.54) is 0 Å². The Hall–Kier alpha value is -2.21. The van der Waals surface area contributed by atoms with Gasteiger partial charge < -0.3 is 15.6 Å². The average molecular weight is 302 g/mol. The first-order chi connectivity index (χ1) is 10.7. The lowest BCUT2D eigenvalue weighted by Gasteiger charge is -2.10. The van der Waals surface area contributed by atoms with Gasteiger partial charge in [-0.2, -0.15) is 4.98 Å². The highest BCUT2D eigenvalue weighted by atomic mass is 16.5. The molecule has 0 saturated heterocycles. The van der Waals surface area contributed by atoms with E-state index in [2.05, 4.69) is 21.9 Å². The Labute approximate surface area is 130 Å². The highest BCUT2D eigenvalue weighted by Crippen LogP contribution is 2.32. The summed E-state index contributed by atoms with van der Waals surface area (Å²) in [5.41, 5.74) is 6.44. The number of fused-ring (bicyclic) bond motifs is 1. The van der Waals surface area contributed by atoms with E-state index in [0.717, 1.165) is 18.2 Å². The van der Waals surface area contributed by atoms with Crippen molar-refractivity contribution in [3.8, 4) is 5.75 Å². The zero-order chi connectivity index (χ0) is 15.9. The van der Waals surface area contributed by atoms with Crippen molar-refractivity contribution in [1.29, 1.82) is 0 Å². The number of hydrogen-bond donors (Lipinski definition) is 2. The first-order valence-electron chi connectivity index (χ1n) is 7.43. The molecule has 2 aromatic rings. The molecule has 0 fully saturated rings. The van der Waals surface area contributed by atoms with Crippen LogP contribution in [0.25, 0.3) is 10.9 Å². The molecule has 0 aliphatic rings. The first-order valence-corrected chi connectivity index (χ1v) is 7.43. The molecular weight excluding hydrogens is 280 g/mol. The second-order valence-corrected chi connectivity index (χ2v) is 5.14. The van der Waals surface area contributed by atoms with Gasteiger partial charge in [-0.05, 0) is 30.9 Å². The van der Waals surface area contributed by atoms with Gasteiger partial charge in [-0.25, -0.2) is 9.98 Å². The molecule has 1 unspecified atom stereocenters. The van der Waals surface area contributed by atoms with E-state index in [1.54, 1.807) is 13.3 Å². The first kappa shape index (κ1) is 16.2. The van der Waals surface area contributed by atoms with E-state index in [-0.39, 0.29) is 18.5 Å². The number of benzene rings is 1. The van der Waals surface area contributed by atoms with Gasteiger partial charge in [0.25, 0.3) is 0 Å². The van der Waals surface area contributed by atoms with Gasteiger partial charge in [0.15, 0.2) is 5.82 Å². The van der Waals surface area contributed by atoms with Crippen molar-refractivity contribution >= 4 is 28.9 Å². The van der Waals surface area contributed by atoms with E-state index in [0.29, 0.717) is 23.5 Å². The highest BCUT2D eigenvalue weighted by Gasteiger charge is 2.10. The molecule has 1 atom stereocenters. The smallest absolute Gasteiger partial charge is 0.222 e. The third-order valence-electron chi connectivity index (χ3n) is 3.51. The predicted molar refractivity (Wildman–Crippen MR) is 88.8 cm³/mol. The number of rotatable bonds is 7. The molecular formula is C16H22N4O2. The molecule has 0 amide bonds. The molecule has 0 aliphatic carbocycles. The predicted octanol–water partition coefficient (Wildman–Crippen LogP) is 2.72. The van der Waals surface area contributed by atoms with Crippen molar-refractivity contribution in [3.05, 3.63) is 18.2 Å². The summed E-state index contributed by atoms with van der Waals surface area (Å²) >= 11 is 0. The number of aliphatic hydroxyl groups excluding tert-OH is 1. The van der Waals surface area contributed by atoms with Crippen molar-refractivity contribution < 1.29 is 9.84 Å². The Morgan fingerprint density at radius 3 is 2.91 bits per heavy atom. The van der Waals surface area contributed by atoms with Crippen molar-refractivity contribution in [3.63, 3.8) is 0 Å². The summed E-state index contributed by atoms with van der Waals surface area (Å²) in [7, 11) is 1.60. The second-order valence-electron chi connectivity index (χ2n) is 5.14. The lowest BCUT2D eigenvalue weighted by atomic mass is 10.0. The lowest BCUT2D eigenvalue weighted by molar-refractivity contribution is 0.223. The Morgan fingerprint density at radius 2 is 2.23 bits per heavy atom. The molecule has 3 N–H and O–H groups in total. The van der Waals surface area contributed by atoms with Crippen LogP contribution >= 0.6 is 0 Å². The SMILES string of the molecule is CCCC(CO)CC=Nc1nc(N)nc2cccc(OC)c12. The number of nitrogen functional groups attached to an aromatic ring is 1. The van der Waals surface area contributed by atoms with Crippen LogP contribution in [-0.4, -0.2) is 35.0 Å². The summed E-state index contributed by atoms with van der Waals surface area (Å²) in [5, 5.41) is 10.1. The van der Waals surface area contributed by atoms with Crippen molar-refractivity contribution in [1.82, 2.24) is 9.97 Å². The van der Waals surface area contributed by atoms with Gasteiger partial charge in [-0.15, -0.1) is 0 Å². The van der Waals surface area contributed by atoms with Crippen LogP contribution in [0.5, 0.6) is 5.75 Å². The molecule has 6 nitrogen and oxygen atoms in total. The maximum Gasteiger partial charge on any atom is 0.222 e. The molecule has 0 saturated carbocycles. The average Bonchev–Trinajstić information content (AvgIpc) is 2.52. The molecule has 1 heterocycles. The van der Waals surface area contributed by atoms with Crippen LogP contribution in [0.15, 0.2) is 23.2 Å². The quantitative estimate of drug-likeness (QED) is 0.767. The van der Waals surface area contributed by atoms with E-state index < -0.39 is 0 Å². The third-order valence-corrected chi connectivity index (χ3v) is 3.51. The molecule has 0 bridgehead atoms. The molecule has 22 heavy (non-hydrogen) atoms. The summed E-state index contributed by atoms with van der Waals surface area (Å²) in [5.74, 6) is 1.56. The molecule has 0 radical (unpaired) electrons. The van der Waals surface area contributed by atoms with Crippen LogP contribution in [0.3, 0.4) is 0 Å². The minimum atomic E-state index is 0.163. The number of nitrogens with zero attached hydrogens (tertiary/aromatic N) is 3. The van der Waals surface area contributed by atoms with E-state index in [1.807, 2.05) is 18.2 Å². The standard InChI is InChI=1S/C16H22N4O2/c1-3-5-11(10-21)8-9-18-15-14-12(19-16(17)20-15)6-4-7-13(14)22-2/h4,6-7,9,11,21H,3,5,8,10H2,1-2H3,(H2,17,19,20). The van der Waals surface area contributed by atoms with Crippen molar-refractivity contribution in [2.45, 2.75) is 26.2 Å².